The van der Waals surface area contributed by atoms with E-state index in [9.17, 15) is 0 Å². The topological polar surface area (TPSA) is 45.7 Å². The van der Waals surface area contributed by atoms with Crippen LogP contribution >= 0.6 is 0 Å². The average Bonchev–Trinajstić information content (AvgIpc) is 2.49. The summed E-state index contributed by atoms with van der Waals surface area (Å²) in [7, 11) is 1.81. The van der Waals surface area contributed by atoms with Gasteiger partial charge in [-0.05, 0) is 33.3 Å². The van der Waals surface area contributed by atoms with Crippen LogP contribution in [0.5, 0.6) is 5.75 Å². The first-order chi connectivity index (χ1) is 10.6. The maximum atomic E-state index is 6.07. The lowest BCUT2D eigenvalue weighted by Crippen LogP contribution is -2.45. The molecule has 2 N–H and O–H groups in total. The van der Waals surface area contributed by atoms with Gasteiger partial charge >= 0.3 is 0 Å². The third kappa shape index (κ3) is 4.26. The van der Waals surface area contributed by atoms with Crippen LogP contribution in [0, 0.1) is 0 Å². The highest BCUT2D eigenvalue weighted by Crippen LogP contribution is 2.39. The highest BCUT2D eigenvalue weighted by Gasteiger charge is 2.33. The summed E-state index contributed by atoms with van der Waals surface area (Å²) < 4.78 is 6.07. The molecule has 0 fully saturated rings. The van der Waals surface area contributed by atoms with Crippen LogP contribution in [-0.4, -0.2) is 25.2 Å². The van der Waals surface area contributed by atoms with Crippen molar-refractivity contribution in [1.82, 2.24) is 10.6 Å². The first-order valence-corrected chi connectivity index (χ1v) is 7.92. The predicted octanol–water partition coefficient (Wildman–Crippen LogP) is 3.42. The van der Waals surface area contributed by atoms with E-state index in [1.165, 1.54) is 5.56 Å². The molecular weight excluding hydrogens is 274 g/mol. The fourth-order valence-corrected chi connectivity index (χ4v) is 2.73. The SMILES string of the molecule is C/C=C/CCNC(=NC)NC1CC(C)(C)Oc2ccccc21. The molecule has 2 rings (SSSR count). The van der Waals surface area contributed by atoms with Gasteiger partial charge in [-0.3, -0.25) is 4.99 Å². The first kappa shape index (κ1) is 16.4. The van der Waals surface area contributed by atoms with Gasteiger partial charge in [0.1, 0.15) is 11.4 Å². The number of para-hydroxylation sites is 1. The third-order valence-corrected chi connectivity index (χ3v) is 3.75. The minimum atomic E-state index is -0.185. The molecule has 4 heteroatoms. The van der Waals surface area contributed by atoms with Crippen molar-refractivity contribution in [3.63, 3.8) is 0 Å². The molecule has 0 saturated carbocycles. The second-order valence-electron chi connectivity index (χ2n) is 6.16. The van der Waals surface area contributed by atoms with Gasteiger partial charge in [-0.25, -0.2) is 0 Å². The lowest BCUT2D eigenvalue weighted by Gasteiger charge is -2.38. The van der Waals surface area contributed by atoms with Crippen LogP contribution in [0.3, 0.4) is 0 Å². The number of hydrogen-bond donors (Lipinski definition) is 2. The predicted molar refractivity (Wildman–Crippen MR) is 92.4 cm³/mol. The van der Waals surface area contributed by atoms with Gasteiger partial charge in [0.25, 0.3) is 0 Å². The van der Waals surface area contributed by atoms with Crippen LogP contribution < -0.4 is 15.4 Å². The van der Waals surface area contributed by atoms with Gasteiger partial charge in [0, 0.05) is 25.6 Å². The molecule has 1 aromatic carbocycles. The standard InChI is InChI=1S/C18H27N3O/c1-5-6-9-12-20-17(19-4)21-15-13-18(2,3)22-16-11-8-7-10-14(15)16/h5-8,10-11,15H,9,12-13H2,1-4H3,(H2,19,20,21)/b6-5+. The van der Waals surface area contributed by atoms with Gasteiger partial charge in [-0.15, -0.1) is 0 Å². The van der Waals surface area contributed by atoms with E-state index in [4.69, 9.17) is 4.74 Å². The average molecular weight is 301 g/mol. The molecule has 22 heavy (non-hydrogen) atoms. The number of allylic oxidation sites excluding steroid dienone is 1. The summed E-state index contributed by atoms with van der Waals surface area (Å²) in [5.41, 5.74) is 1.01. The van der Waals surface area contributed by atoms with E-state index in [-0.39, 0.29) is 11.6 Å². The second kappa shape index (κ2) is 7.34. The summed E-state index contributed by atoms with van der Waals surface area (Å²) in [4.78, 5) is 4.33. The number of rotatable bonds is 4. The Balaban J connectivity index is 2.07. The number of ether oxygens (including phenoxy) is 1. The molecular formula is C18H27N3O. The molecule has 1 aromatic rings. The van der Waals surface area contributed by atoms with E-state index >= 15 is 0 Å². The zero-order chi connectivity index (χ0) is 16.0. The molecule has 0 spiro atoms. The van der Waals surface area contributed by atoms with Gasteiger partial charge in [0.05, 0.1) is 6.04 Å². The minimum Gasteiger partial charge on any atom is -0.487 e. The van der Waals surface area contributed by atoms with E-state index in [0.29, 0.717) is 0 Å². The number of guanidine groups is 1. The molecule has 0 bridgehead atoms. The van der Waals surface area contributed by atoms with Gasteiger partial charge in [-0.2, -0.15) is 0 Å². The van der Waals surface area contributed by atoms with Crippen LogP contribution in [0.1, 0.15) is 45.2 Å². The number of benzene rings is 1. The van der Waals surface area contributed by atoms with Crippen molar-refractivity contribution in [2.24, 2.45) is 4.99 Å². The first-order valence-electron chi connectivity index (χ1n) is 7.92. The Labute approximate surface area is 133 Å². The normalized spacial score (nSPS) is 20.4. The smallest absolute Gasteiger partial charge is 0.191 e. The Morgan fingerprint density at radius 2 is 2.18 bits per heavy atom. The highest BCUT2D eigenvalue weighted by molar-refractivity contribution is 5.80. The van der Waals surface area contributed by atoms with Crippen LogP contribution in [0.25, 0.3) is 0 Å². The van der Waals surface area contributed by atoms with E-state index in [2.05, 4.69) is 53.8 Å². The summed E-state index contributed by atoms with van der Waals surface area (Å²) in [6, 6.07) is 8.43. The summed E-state index contributed by atoms with van der Waals surface area (Å²) in [5, 5.41) is 6.89. The molecule has 120 valence electrons. The van der Waals surface area contributed by atoms with E-state index in [0.717, 1.165) is 31.1 Å². The van der Waals surface area contributed by atoms with Gasteiger partial charge in [0.15, 0.2) is 5.96 Å². The molecule has 1 unspecified atom stereocenters. The van der Waals surface area contributed by atoms with Gasteiger partial charge in [-0.1, -0.05) is 30.4 Å². The number of hydrogen-bond acceptors (Lipinski definition) is 2. The summed E-state index contributed by atoms with van der Waals surface area (Å²) in [6.07, 6.45) is 6.11. The van der Waals surface area contributed by atoms with Crippen molar-refractivity contribution >= 4 is 5.96 Å². The van der Waals surface area contributed by atoms with Gasteiger partial charge < -0.3 is 15.4 Å². The summed E-state index contributed by atoms with van der Waals surface area (Å²) in [6.45, 7) is 7.16. The number of nitrogens with zero attached hydrogens (tertiary/aromatic N) is 1. The van der Waals surface area contributed by atoms with Crippen LogP contribution in [0.15, 0.2) is 41.4 Å². The maximum Gasteiger partial charge on any atom is 0.191 e. The fraction of sp³-hybridized carbons (Fsp3) is 0.500. The molecule has 1 aliphatic rings. The van der Waals surface area contributed by atoms with Crippen molar-refractivity contribution < 1.29 is 4.74 Å². The number of fused-ring (bicyclic) bond motifs is 1. The lowest BCUT2D eigenvalue weighted by atomic mass is 9.90. The van der Waals surface area contributed by atoms with Crippen molar-refractivity contribution in [2.75, 3.05) is 13.6 Å². The van der Waals surface area contributed by atoms with E-state index in [1.807, 2.05) is 19.1 Å². The minimum absolute atomic E-state index is 0.185. The maximum absolute atomic E-state index is 6.07. The Kier molecular flexibility index (Phi) is 5.47. The molecule has 1 atom stereocenters. The molecule has 4 nitrogen and oxygen atoms in total. The van der Waals surface area contributed by atoms with Crippen molar-refractivity contribution in [2.45, 2.75) is 45.3 Å². The van der Waals surface area contributed by atoms with Crippen LogP contribution in [-0.2, 0) is 0 Å². The molecule has 0 saturated heterocycles. The Hall–Kier alpha value is -1.97. The number of aliphatic imine (C=N–C) groups is 1. The Morgan fingerprint density at radius 1 is 1.41 bits per heavy atom. The number of nitrogens with one attached hydrogen (secondary N) is 2. The van der Waals surface area contributed by atoms with Crippen molar-refractivity contribution in [3.05, 3.63) is 42.0 Å². The zero-order valence-electron chi connectivity index (χ0n) is 14.0. The highest BCUT2D eigenvalue weighted by atomic mass is 16.5. The molecule has 1 heterocycles. The zero-order valence-corrected chi connectivity index (χ0v) is 14.0. The molecule has 0 aromatic heterocycles. The second-order valence-corrected chi connectivity index (χ2v) is 6.16. The molecule has 0 amide bonds. The molecule has 0 aliphatic carbocycles. The van der Waals surface area contributed by atoms with E-state index in [1.54, 1.807) is 7.05 Å². The van der Waals surface area contributed by atoms with Crippen LogP contribution in [0.2, 0.25) is 0 Å². The fourth-order valence-electron chi connectivity index (χ4n) is 2.73. The van der Waals surface area contributed by atoms with Crippen molar-refractivity contribution in [3.8, 4) is 5.75 Å². The van der Waals surface area contributed by atoms with Gasteiger partial charge in [0.2, 0.25) is 0 Å². The molecule has 1 aliphatic heterocycles. The largest absolute Gasteiger partial charge is 0.487 e. The Morgan fingerprint density at radius 3 is 2.91 bits per heavy atom. The summed E-state index contributed by atoms with van der Waals surface area (Å²) in [5.74, 6) is 1.79. The quantitative estimate of drug-likeness (QED) is 0.388. The molecule has 0 radical (unpaired) electrons. The monoisotopic (exact) mass is 301 g/mol. The van der Waals surface area contributed by atoms with Crippen molar-refractivity contribution in [1.29, 1.82) is 0 Å². The summed E-state index contributed by atoms with van der Waals surface area (Å²) >= 11 is 0. The van der Waals surface area contributed by atoms with Crippen LogP contribution in [0.4, 0.5) is 0 Å². The lowest BCUT2D eigenvalue weighted by molar-refractivity contribution is 0.0694. The Bertz CT molecular complexity index is 549. The third-order valence-electron chi connectivity index (χ3n) is 3.75. The van der Waals surface area contributed by atoms with E-state index < -0.39 is 0 Å².